The van der Waals surface area contributed by atoms with Gasteiger partial charge >= 0.3 is 0 Å². The molecule has 1 aliphatic heterocycles. The number of ether oxygens (including phenoxy) is 4. The third-order valence-electron chi connectivity index (χ3n) is 8.54. The molecule has 0 radical (unpaired) electrons. The molecule has 250 valence electrons. The normalized spacial score (nSPS) is 19.5. The third kappa shape index (κ3) is 6.04. The van der Waals surface area contributed by atoms with E-state index in [9.17, 15) is 14.7 Å². The highest BCUT2D eigenvalue weighted by molar-refractivity contribution is 5.91. The number of aliphatic hydroxyl groups excluding tert-OH is 1. The van der Waals surface area contributed by atoms with Crippen molar-refractivity contribution in [3.63, 3.8) is 0 Å². The fourth-order valence-corrected chi connectivity index (χ4v) is 5.85. The lowest BCUT2D eigenvalue weighted by atomic mass is 9.80. The first-order valence-corrected chi connectivity index (χ1v) is 15.5. The summed E-state index contributed by atoms with van der Waals surface area (Å²) in [6.45, 7) is 3.41. The first-order valence-electron chi connectivity index (χ1n) is 15.5. The molecule has 0 spiro atoms. The van der Waals surface area contributed by atoms with E-state index < -0.39 is 35.6 Å². The van der Waals surface area contributed by atoms with E-state index in [1.807, 2.05) is 78.9 Å². The number of anilines is 1. The van der Waals surface area contributed by atoms with Gasteiger partial charge in [-0.1, -0.05) is 68.4 Å². The summed E-state index contributed by atoms with van der Waals surface area (Å²) in [6, 6.07) is 24.2. The number of H-pyrrole nitrogens is 1. The predicted octanol–water partition coefficient (Wildman–Crippen LogP) is 3.33. The van der Waals surface area contributed by atoms with Crippen LogP contribution in [0.2, 0.25) is 0 Å². The van der Waals surface area contributed by atoms with Crippen LogP contribution in [0.25, 0.3) is 11.2 Å². The summed E-state index contributed by atoms with van der Waals surface area (Å²) >= 11 is 0. The first kappa shape index (κ1) is 32.8. The second kappa shape index (κ2) is 13.6. The van der Waals surface area contributed by atoms with Crippen molar-refractivity contribution < 1.29 is 28.8 Å². The molecule has 2 aromatic heterocycles. The summed E-state index contributed by atoms with van der Waals surface area (Å²) in [4.78, 5) is 36.2. The number of rotatable bonds is 11. The Bertz CT molecular complexity index is 1880. The van der Waals surface area contributed by atoms with E-state index >= 15 is 0 Å². The Kier molecular flexibility index (Phi) is 9.29. The molecule has 3 aromatic carbocycles. The van der Waals surface area contributed by atoms with Crippen molar-refractivity contribution in [1.29, 1.82) is 0 Å². The molecule has 0 bridgehead atoms. The number of benzene rings is 3. The molecule has 5 aromatic rings. The van der Waals surface area contributed by atoms with Gasteiger partial charge in [-0.05, 0) is 41.0 Å². The van der Waals surface area contributed by atoms with Crippen molar-refractivity contribution in [3.8, 4) is 11.5 Å². The molecule has 4 atom stereocenters. The number of aromatic nitrogens is 4. The van der Waals surface area contributed by atoms with E-state index in [1.54, 1.807) is 28.1 Å². The van der Waals surface area contributed by atoms with Crippen LogP contribution in [0.3, 0.4) is 0 Å². The highest BCUT2D eigenvalue weighted by atomic mass is 16.6. The Morgan fingerprint density at radius 1 is 1.00 bits per heavy atom. The number of amides is 1. The van der Waals surface area contributed by atoms with Crippen LogP contribution in [0, 0.1) is 5.92 Å². The molecule has 0 aliphatic carbocycles. The van der Waals surface area contributed by atoms with Crippen molar-refractivity contribution in [2.24, 2.45) is 11.7 Å². The second-order valence-corrected chi connectivity index (χ2v) is 11.8. The van der Waals surface area contributed by atoms with Gasteiger partial charge in [-0.25, -0.2) is 4.98 Å². The van der Waals surface area contributed by atoms with Gasteiger partial charge in [-0.2, -0.15) is 4.98 Å². The lowest BCUT2D eigenvalue weighted by Gasteiger charge is -2.37. The fraction of sp³-hybridized carbons (Fsp3) is 0.314. The molecular formula is C35H38N6O7. The fourth-order valence-electron chi connectivity index (χ4n) is 5.85. The minimum atomic E-state index is -1.21. The molecule has 3 heterocycles. The smallest absolute Gasteiger partial charge is 0.280 e. The molecule has 13 heteroatoms. The van der Waals surface area contributed by atoms with E-state index in [1.165, 1.54) is 10.9 Å². The number of nitrogens with two attached hydrogens (primary N) is 1. The molecule has 1 saturated heterocycles. The maximum absolute atomic E-state index is 12.8. The summed E-state index contributed by atoms with van der Waals surface area (Å²) in [6.07, 6.45) is -1.69. The maximum Gasteiger partial charge on any atom is 0.280 e. The second-order valence-electron chi connectivity index (χ2n) is 11.8. The van der Waals surface area contributed by atoms with Crippen LogP contribution in [-0.2, 0) is 19.9 Å². The number of methoxy groups -OCH3 is 2. The lowest BCUT2D eigenvalue weighted by molar-refractivity contribution is -0.118. The quantitative estimate of drug-likeness (QED) is 0.155. The van der Waals surface area contributed by atoms with Crippen LogP contribution in [0.5, 0.6) is 11.5 Å². The highest BCUT2D eigenvalue weighted by Gasteiger charge is 2.46. The average molecular weight is 655 g/mol. The van der Waals surface area contributed by atoms with Crippen molar-refractivity contribution in [1.82, 2.24) is 19.5 Å². The molecule has 0 saturated carbocycles. The largest absolute Gasteiger partial charge is 0.497 e. The standard InChI is InChI=1S/C35H38N6O7/c1-20(2)31(43)39-34-38-30-28(32(44)40-34)37-19-41(30)33-29(42)27(36)26(48-33)18-47-35(21-8-6-5-7-9-21,22-10-14-24(45-3)15-11-22)23-12-16-25(46-4)17-13-23/h5-17,19-20,26-27,29,33,42H,18,36H2,1-4H3,(H2,38,39,40,43,44)/t26-,27-,29-,33-/m1/s1. The van der Waals surface area contributed by atoms with Gasteiger partial charge in [0.1, 0.15) is 29.3 Å². The van der Waals surface area contributed by atoms with Gasteiger partial charge < -0.3 is 29.8 Å². The van der Waals surface area contributed by atoms with Crippen molar-refractivity contribution >= 4 is 23.0 Å². The van der Waals surface area contributed by atoms with Crippen LogP contribution in [0.4, 0.5) is 5.95 Å². The number of aromatic amines is 1. The van der Waals surface area contributed by atoms with Gasteiger partial charge in [0.05, 0.1) is 33.2 Å². The van der Waals surface area contributed by atoms with Crippen molar-refractivity contribution in [2.45, 2.75) is 43.9 Å². The molecule has 5 N–H and O–H groups in total. The number of aliphatic hydroxyl groups is 1. The number of imidazole rings is 1. The van der Waals surface area contributed by atoms with E-state index in [4.69, 9.17) is 24.7 Å². The molecule has 1 amide bonds. The van der Waals surface area contributed by atoms with Crippen molar-refractivity contribution in [2.75, 3.05) is 26.1 Å². The number of hydrogen-bond acceptors (Lipinski definition) is 10. The van der Waals surface area contributed by atoms with Gasteiger partial charge in [-0.15, -0.1) is 0 Å². The average Bonchev–Trinajstić information content (AvgIpc) is 3.66. The minimum absolute atomic E-state index is 0.0173. The topological polar surface area (TPSA) is 176 Å². The zero-order valence-corrected chi connectivity index (χ0v) is 27.0. The molecule has 1 fully saturated rings. The summed E-state index contributed by atoms with van der Waals surface area (Å²) in [5.41, 5.74) is 7.52. The van der Waals surface area contributed by atoms with Crippen LogP contribution in [0.1, 0.15) is 36.8 Å². The van der Waals surface area contributed by atoms with Crippen LogP contribution < -0.4 is 26.1 Å². The zero-order valence-electron chi connectivity index (χ0n) is 27.0. The molecule has 6 rings (SSSR count). The van der Waals surface area contributed by atoms with Gasteiger partial charge in [0.2, 0.25) is 11.9 Å². The Hall–Kier alpha value is -5.08. The molecular weight excluding hydrogens is 616 g/mol. The van der Waals surface area contributed by atoms with E-state index in [0.717, 1.165) is 16.7 Å². The third-order valence-corrected chi connectivity index (χ3v) is 8.54. The maximum atomic E-state index is 12.8. The zero-order chi connectivity index (χ0) is 34.0. The molecule has 0 unspecified atom stereocenters. The van der Waals surface area contributed by atoms with Gasteiger partial charge in [-0.3, -0.25) is 24.5 Å². The molecule has 13 nitrogen and oxygen atoms in total. The number of fused-ring (bicyclic) bond motifs is 1. The number of carbonyl (C=O) groups is 1. The number of carbonyl (C=O) groups excluding carboxylic acids is 1. The number of nitrogens with one attached hydrogen (secondary N) is 2. The van der Waals surface area contributed by atoms with Crippen LogP contribution in [0.15, 0.2) is 90.0 Å². The van der Waals surface area contributed by atoms with Gasteiger partial charge in [0, 0.05) is 5.92 Å². The van der Waals surface area contributed by atoms with E-state index in [-0.39, 0.29) is 35.5 Å². The molecule has 48 heavy (non-hydrogen) atoms. The monoisotopic (exact) mass is 654 g/mol. The Balaban J connectivity index is 1.36. The lowest BCUT2D eigenvalue weighted by Crippen LogP contribution is -2.44. The van der Waals surface area contributed by atoms with Crippen molar-refractivity contribution in [3.05, 3.63) is 112 Å². The summed E-state index contributed by atoms with van der Waals surface area (Å²) in [5, 5.41) is 13.9. The van der Waals surface area contributed by atoms with E-state index in [0.29, 0.717) is 11.5 Å². The summed E-state index contributed by atoms with van der Waals surface area (Å²) in [7, 11) is 3.22. The van der Waals surface area contributed by atoms with Gasteiger partial charge in [0.25, 0.3) is 5.56 Å². The van der Waals surface area contributed by atoms with E-state index in [2.05, 4.69) is 20.3 Å². The summed E-state index contributed by atoms with van der Waals surface area (Å²) < 4.78 is 25.6. The first-order chi connectivity index (χ1) is 23.2. The minimum Gasteiger partial charge on any atom is -0.497 e. The number of nitrogens with zero attached hydrogens (tertiary/aromatic N) is 3. The van der Waals surface area contributed by atoms with Crippen LogP contribution >= 0.6 is 0 Å². The highest BCUT2D eigenvalue weighted by Crippen LogP contribution is 2.43. The summed E-state index contributed by atoms with van der Waals surface area (Å²) in [5.74, 6) is 0.671. The van der Waals surface area contributed by atoms with Crippen LogP contribution in [-0.4, -0.2) is 69.6 Å². The predicted molar refractivity (Wildman–Crippen MR) is 178 cm³/mol. The Labute approximate surface area is 276 Å². The Morgan fingerprint density at radius 2 is 1.58 bits per heavy atom. The van der Waals surface area contributed by atoms with Gasteiger partial charge in [0.15, 0.2) is 17.4 Å². The molecule has 1 aliphatic rings. The number of hydrogen-bond donors (Lipinski definition) is 4. The SMILES string of the molecule is COc1ccc(C(OC[C@H]2O[C@@H](n3cnc4c(=O)[nH]c(NC(=O)C(C)C)nc43)[C@H](O)[C@@H]2N)(c2ccccc2)c2ccc(OC)cc2)cc1. The Morgan fingerprint density at radius 3 is 2.15 bits per heavy atom.